The number of aliphatic hydroxyl groups is 2. The summed E-state index contributed by atoms with van der Waals surface area (Å²) in [4.78, 5) is 0.187. The number of nitrogens with one attached hydrogen (secondary N) is 1. The summed E-state index contributed by atoms with van der Waals surface area (Å²) in [7, 11) is -3.71. The van der Waals surface area contributed by atoms with Crippen LogP contribution in [0.1, 0.15) is 23.6 Å². The molecule has 0 bridgehead atoms. The molecule has 0 aliphatic carbocycles. The second kappa shape index (κ2) is 6.91. The number of hydrogen-bond donors (Lipinski definition) is 3. The predicted octanol–water partition coefficient (Wildman–Crippen LogP) is 2.03. The van der Waals surface area contributed by atoms with Crippen LogP contribution in [0.3, 0.4) is 0 Å². The van der Waals surface area contributed by atoms with E-state index in [1.54, 1.807) is 30.3 Å². The maximum atomic E-state index is 12.4. The lowest BCUT2D eigenvalue weighted by Crippen LogP contribution is -2.13. The molecule has 0 unspecified atom stereocenters. The first-order valence-electron chi connectivity index (χ1n) is 6.95. The minimum absolute atomic E-state index is 0.187. The third-order valence-electron chi connectivity index (χ3n) is 3.29. The zero-order chi connectivity index (χ0) is 16.2. The van der Waals surface area contributed by atoms with Crippen LogP contribution in [0.5, 0.6) is 0 Å². The van der Waals surface area contributed by atoms with Gasteiger partial charge < -0.3 is 10.2 Å². The Hall–Kier alpha value is -1.89. The molecule has 0 saturated heterocycles. The van der Waals surface area contributed by atoms with E-state index in [1.165, 1.54) is 6.07 Å². The number of hydrogen-bond acceptors (Lipinski definition) is 4. The summed E-state index contributed by atoms with van der Waals surface area (Å²) in [5.74, 6) is 0. The quantitative estimate of drug-likeness (QED) is 0.760. The van der Waals surface area contributed by atoms with Gasteiger partial charge in [-0.1, -0.05) is 25.1 Å². The van der Waals surface area contributed by atoms with E-state index in [-0.39, 0.29) is 18.1 Å². The minimum Gasteiger partial charge on any atom is -0.392 e. The Kier molecular flexibility index (Phi) is 5.18. The molecule has 3 N–H and O–H groups in total. The summed E-state index contributed by atoms with van der Waals surface area (Å²) in [5, 5.41) is 18.4. The highest BCUT2D eigenvalue weighted by atomic mass is 32.2. The first-order valence-corrected chi connectivity index (χ1v) is 8.43. The van der Waals surface area contributed by atoms with E-state index >= 15 is 0 Å². The number of anilines is 1. The van der Waals surface area contributed by atoms with Gasteiger partial charge in [-0.25, -0.2) is 8.42 Å². The Morgan fingerprint density at radius 2 is 1.59 bits per heavy atom. The average molecular weight is 321 g/mol. The van der Waals surface area contributed by atoms with Crippen molar-refractivity contribution in [3.8, 4) is 0 Å². The predicted molar refractivity (Wildman–Crippen MR) is 84.9 cm³/mol. The Bertz CT molecular complexity index is 734. The molecule has 2 rings (SSSR count). The van der Waals surface area contributed by atoms with Gasteiger partial charge in [0, 0.05) is 5.69 Å². The van der Waals surface area contributed by atoms with Crippen LogP contribution in [-0.2, 0) is 29.7 Å². The Labute approximate surface area is 130 Å². The van der Waals surface area contributed by atoms with Gasteiger partial charge in [0.1, 0.15) is 0 Å². The van der Waals surface area contributed by atoms with Crippen LogP contribution in [-0.4, -0.2) is 18.6 Å². The lowest BCUT2D eigenvalue weighted by atomic mass is 10.1. The molecule has 0 atom stereocenters. The van der Waals surface area contributed by atoms with Crippen LogP contribution < -0.4 is 4.72 Å². The SMILES string of the molecule is CCc1cccc(S(=O)(=O)Nc2cc(CO)cc(CO)c2)c1. The highest BCUT2D eigenvalue weighted by molar-refractivity contribution is 7.92. The Morgan fingerprint density at radius 1 is 0.955 bits per heavy atom. The molecular weight excluding hydrogens is 302 g/mol. The van der Waals surface area contributed by atoms with Crippen molar-refractivity contribution in [1.82, 2.24) is 0 Å². The van der Waals surface area contributed by atoms with Gasteiger partial charge in [0.25, 0.3) is 10.0 Å². The van der Waals surface area contributed by atoms with Crippen LogP contribution in [0.4, 0.5) is 5.69 Å². The third kappa shape index (κ3) is 3.85. The Morgan fingerprint density at radius 3 is 2.14 bits per heavy atom. The molecule has 0 heterocycles. The molecule has 118 valence electrons. The molecule has 6 heteroatoms. The highest BCUT2D eigenvalue weighted by Crippen LogP contribution is 2.20. The van der Waals surface area contributed by atoms with E-state index in [4.69, 9.17) is 0 Å². The number of benzene rings is 2. The van der Waals surface area contributed by atoms with Crippen molar-refractivity contribution in [2.75, 3.05) is 4.72 Å². The second-order valence-electron chi connectivity index (χ2n) is 4.96. The van der Waals surface area contributed by atoms with Crippen LogP contribution in [0, 0.1) is 0 Å². The largest absolute Gasteiger partial charge is 0.392 e. The number of sulfonamides is 1. The first kappa shape index (κ1) is 16.5. The van der Waals surface area contributed by atoms with Crippen LogP contribution >= 0.6 is 0 Å². The molecular formula is C16H19NO4S. The normalized spacial score (nSPS) is 11.4. The standard InChI is InChI=1S/C16H19NO4S/c1-2-12-4-3-5-16(9-12)22(20,21)17-15-7-13(10-18)6-14(8-15)11-19/h3-9,17-19H,2,10-11H2,1H3. The van der Waals surface area contributed by atoms with Crippen molar-refractivity contribution in [2.45, 2.75) is 31.5 Å². The molecule has 0 aliphatic heterocycles. The summed E-state index contributed by atoms with van der Waals surface area (Å²) in [6.45, 7) is 1.50. The van der Waals surface area contributed by atoms with Gasteiger partial charge in [-0.15, -0.1) is 0 Å². The van der Waals surface area contributed by atoms with Crippen molar-refractivity contribution >= 4 is 15.7 Å². The molecule has 0 saturated carbocycles. The van der Waals surface area contributed by atoms with E-state index in [9.17, 15) is 18.6 Å². The fraction of sp³-hybridized carbons (Fsp3) is 0.250. The topological polar surface area (TPSA) is 86.6 Å². The second-order valence-corrected chi connectivity index (χ2v) is 6.64. The average Bonchev–Trinajstić information content (AvgIpc) is 2.54. The van der Waals surface area contributed by atoms with E-state index in [0.717, 1.165) is 12.0 Å². The maximum absolute atomic E-state index is 12.4. The first-order chi connectivity index (χ1) is 10.5. The van der Waals surface area contributed by atoms with Crippen LogP contribution in [0.25, 0.3) is 0 Å². The van der Waals surface area contributed by atoms with Gasteiger partial charge in [0.05, 0.1) is 18.1 Å². The molecule has 0 spiro atoms. The van der Waals surface area contributed by atoms with Crippen molar-refractivity contribution in [3.63, 3.8) is 0 Å². The fourth-order valence-electron chi connectivity index (χ4n) is 2.15. The Balaban J connectivity index is 2.35. The summed E-state index contributed by atoms with van der Waals surface area (Å²) >= 11 is 0. The number of rotatable bonds is 6. The van der Waals surface area contributed by atoms with Crippen molar-refractivity contribution in [2.24, 2.45) is 0 Å². The van der Waals surface area contributed by atoms with Crippen molar-refractivity contribution in [3.05, 3.63) is 59.2 Å². The molecule has 2 aromatic rings. The number of aliphatic hydroxyl groups excluding tert-OH is 2. The monoisotopic (exact) mass is 321 g/mol. The van der Waals surface area contributed by atoms with E-state index in [0.29, 0.717) is 16.8 Å². The summed E-state index contributed by atoms with van der Waals surface area (Å²) in [6.07, 6.45) is 0.748. The zero-order valence-electron chi connectivity index (χ0n) is 12.3. The maximum Gasteiger partial charge on any atom is 0.261 e. The highest BCUT2D eigenvalue weighted by Gasteiger charge is 2.15. The molecule has 5 nitrogen and oxygen atoms in total. The molecule has 2 aromatic carbocycles. The van der Waals surface area contributed by atoms with Crippen LogP contribution in [0.15, 0.2) is 47.4 Å². The molecule has 0 fully saturated rings. The lowest BCUT2D eigenvalue weighted by Gasteiger charge is -2.11. The lowest BCUT2D eigenvalue weighted by molar-refractivity contribution is 0.275. The van der Waals surface area contributed by atoms with Gasteiger partial charge in [-0.05, 0) is 47.4 Å². The van der Waals surface area contributed by atoms with E-state index in [1.807, 2.05) is 13.0 Å². The summed E-state index contributed by atoms with van der Waals surface area (Å²) in [6, 6.07) is 11.4. The minimum atomic E-state index is -3.71. The molecule has 0 aromatic heterocycles. The smallest absolute Gasteiger partial charge is 0.261 e. The molecule has 0 amide bonds. The van der Waals surface area contributed by atoms with E-state index < -0.39 is 10.0 Å². The van der Waals surface area contributed by atoms with Gasteiger partial charge in [-0.2, -0.15) is 0 Å². The van der Waals surface area contributed by atoms with Crippen molar-refractivity contribution < 1.29 is 18.6 Å². The fourth-order valence-corrected chi connectivity index (χ4v) is 3.26. The van der Waals surface area contributed by atoms with Crippen LogP contribution in [0.2, 0.25) is 0 Å². The van der Waals surface area contributed by atoms with Gasteiger partial charge in [-0.3, -0.25) is 4.72 Å². The van der Waals surface area contributed by atoms with Gasteiger partial charge >= 0.3 is 0 Å². The molecule has 22 heavy (non-hydrogen) atoms. The summed E-state index contributed by atoms with van der Waals surface area (Å²) < 4.78 is 27.4. The molecule has 0 aliphatic rings. The van der Waals surface area contributed by atoms with Crippen molar-refractivity contribution in [1.29, 1.82) is 0 Å². The third-order valence-corrected chi connectivity index (χ3v) is 4.67. The van der Waals surface area contributed by atoms with Gasteiger partial charge in [0.2, 0.25) is 0 Å². The number of aryl methyl sites for hydroxylation is 1. The zero-order valence-corrected chi connectivity index (χ0v) is 13.1. The van der Waals surface area contributed by atoms with Gasteiger partial charge in [0.15, 0.2) is 0 Å². The van der Waals surface area contributed by atoms with E-state index in [2.05, 4.69) is 4.72 Å². The molecule has 0 radical (unpaired) electrons. The summed E-state index contributed by atoms with van der Waals surface area (Å²) in [5.41, 5.74) is 2.32.